The fourth-order valence-corrected chi connectivity index (χ4v) is 2.15. The molecule has 0 atom stereocenters. The average molecular weight is 321 g/mol. The largest absolute Gasteiger partial charge is 0.465 e. The second kappa shape index (κ2) is 10.00. The molecule has 0 spiro atoms. The van der Waals surface area contributed by atoms with Gasteiger partial charge in [0.05, 0.1) is 12.7 Å². The van der Waals surface area contributed by atoms with E-state index in [2.05, 4.69) is 15.0 Å². The SMILES string of the molecule is COC(=O)c1ccc(CCN2CCNCC2)cc1.Cl.Cl. The Labute approximate surface area is 132 Å². The number of piperazine rings is 1. The van der Waals surface area contributed by atoms with Crippen molar-refractivity contribution >= 4 is 30.8 Å². The Hall–Kier alpha value is -0.810. The van der Waals surface area contributed by atoms with Gasteiger partial charge in [-0.25, -0.2) is 4.79 Å². The van der Waals surface area contributed by atoms with Gasteiger partial charge >= 0.3 is 5.97 Å². The third-order valence-electron chi connectivity index (χ3n) is 3.30. The summed E-state index contributed by atoms with van der Waals surface area (Å²) < 4.78 is 4.68. The standard InChI is InChI=1S/C14H20N2O2.2ClH/c1-18-14(17)13-4-2-12(3-5-13)6-9-16-10-7-15-8-11-16;;/h2-5,15H,6-11H2,1H3;2*1H. The van der Waals surface area contributed by atoms with E-state index in [0.717, 1.165) is 39.1 Å². The minimum atomic E-state index is -0.274. The van der Waals surface area contributed by atoms with E-state index in [1.807, 2.05) is 24.3 Å². The molecule has 20 heavy (non-hydrogen) atoms. The first kappa shape index (κ1) is 19.2. The summed E-state index contributed by atoms with van der Waals surface area (Å²) in [5.74, 6) is -0.274. The number of esters is 1. The molecule has 0 aliphatic carbocycles. The van der Waals surface area contributed by atoms with Crippen molar-refractivity contribution in [2.24, 2.45) is 0 Å². The molecule has 0 amide bonds. The number of ether oxygens (including phenoxy) is 1. The summed E-state index contributed by atoms with van der Waals surface area (Å²) >= 11 is 0. The molecule has 0 aromatic heterocycles. The molecule has 1 heterocycles. The summed E-state index contributed by atoms with van der Waals surface area (Å²) in [5, 5.41) is 3.35. The lowest BCUT2D eigenvalue weighted by Gasteiger charge is -2.27. The van der Waals surface area contributed by atoms with Crippen LogP contribution in [0.25, 0.3) is 0 Å². The molecule has 1 aliphatic heterocycles. The van der Waals surface area contributed by atoms with Gasteiger partial charge in [-0.3, -0.25) is 0 Å². The third kappa shape index (κ3) is 5.67. The van der Waals surface area contributed by atoms with Gasteiger partial charge < -0.3 is 15.0 Å². The van der Waals surface area contributed by atoms with E-state index in [1.54, 1.807) is 0 Å². The minimum Gasteiger partial charge on any atom is -0.465 e. The summed E-state index contributed by atoms with van der Waals surface area (Å²) in [6.07, 6.45) is 1.03. The van der Waals surface area contributed by atoms with Gasteiger partial charge in [-0.05, 0) is 24.1 Å². The average Bonchev–Trinajstić information content (AvgIpc) is 2.46. The van der Waals surface area contributed by atoms with Crippen LogP contribution in [0.3, 0.4) is 0 Å². The van der Waals surface area contributed by atoms with Crippen LogP contribution in [0.2, 0.25) is 0 Å². The lowest BCUT2D eigenvalue weighted by Crippen LogP contribution is -2.44. The predicted molar refractivity (Wildman–Crippen MR) is 85.3 cm³/mol. The third-order valence-corrected chi connectivity index (χ3v) is 3.30. The summed E-state index contributed by atoms with van der Waals surface area (Å²) in [6.45, 7) is 5.50. The lowest BCUT2D eigenvalue weighted by molar-refractivity contribution is 0.0600. The normalized spacial score (nSPS) is 14.8. The van der Waals surface area contributed by atoms with E-state index in [1.165, 1.54) is 12.7 Å². The highest BCUT2D eigenvalue weighted by Gasteiger charge is 2.09. The number of hydrogen-bond acceptors (Lipinski definition) is 4. The topological polar surface area (TPSA) is 41.6 Å². The Morgan fingerprint density at radius 3 is 2.35 bits per heavy atom. The first-order valence-corrected chi connectivity index (χ1v) is 6.40. The summed E-state index contributed by atoms with van der Waals surface area (Å²) in [7, 11) is 1.40. The molecule has 4 nitrogen and oxygen atoms in total. The monoisotopic (exact) mass is 320 g/mol. The van der Waals surface area contributed by atoms with Gasteiger partial charge in [0.25, 0.3) is 0 Å². The number of halogens is 2. The first-order valence-electron chi connectivity index (χ1n) is 6.40. The molecule has 0 saturated carbocycles. The Morgan fingerprint density at radius 1 is 1.20 bits per heavy atom. The molecular formula is C14H22Cl2N2O2. The molecular weight excluding hydrogens is 299 g/mol. The molecule has 1 saturated heterocycles. The van der Waals surface area contributed by atoms with Crippen LogP contribution in [-0.2, 0) is 11.2 Å². The second-order valence-electron chi connectivity index (χ2n) is 4.53. The maximum atomic E-state index is 11.3. The summed E-state index contributed by atoms with van der Waals surface area (Å²) in [4.78, 5) is 13.8. The number of carbonyl (C=O) groups excluding carboxylic acids is 1. The van der Waals surface area contributed by atoms with Crippen LogP contribution >= 0.6 is 24.8 Å². The van der Waals surface area contributed by atoms with Gasteiger partial charge in [-0.15, -0.1) is 24.8 Å². The Bertz CT molecular complexity index is 393. The molecule has 1 fully saturated rings. The molecule has 1 aromatic rings. The van der Waals surface area contributed by atoms with Crippen LogP contribution in [0, 0.1) is 0 Å². The highest BCUT2D eigenvalue weighted by atomic mass is 35.5. The van der Waals surface area contributed by atoms with Crippen LogP contribution in [0.5, 0.6) is 0 Å². The molecule has 6 heteroatoms. The summed E-state index contributed by atoms with van der Waals surface area (Å²) in [5.41, 5.74) is 1.88. The molecule has 0 bridgehead atoms. The van der Waals surface area contributed by atoms with E-state index in [0.29, 0.717) is 5.56 Å². The molecule has 0 radical (unpaired) electrons. The van der Waals surface area contributed by atoms with Gasteiger partial charge in [0.2, 0.25) is 0 Å². The van der Waals surface area contributed by atoms with Crippen molar-refractivity contribution in [1.29, 1.82) is 0 Å². The van der Waals surface area contributed by atoms with Crippen molar-refractivity contribution in [3.05, 3.63) is 35.4 Å². The molecule has 114 valence electrons. The first-order chi connectivity index (χ1) is 8.79. The molecule has 1 aliphatic rings. The zero-order chi connectivity index (χ0) is 12.8. The number of methoxy groups -OCH3 is 1. The predicted octanol–water partition coefficient (Wildman–Crippen LogP) is 1.76. The Balaban J connectivity index is 0.00000180. The Morgan fingerprint density at radius 2 is 1.80 bits per heavy atom. The van der Waals surface area contributed by atoms with Crippen LogP contribution in [0.1, 0.15) is 15.9 Å². The smallest absolute Gasteiger partial charge is 0.337 e. The van der Waals surface area contributed by atoms with E-state index >= 15 is 0 Å². The van der Waals surface area contributed by atoms with E-state index in [-0.39, 0.29) is 30.8 Å². The lowest BCUT2D eigenvalue weighted by atomic mass is 10.1. The summed E-state index contributed by atoms with van der Waals surface area (Å²) in [6, 6.07) is 7.68. The van der Waals surface area contributed by atoms with Gasteiger partial charge in [-0.1, -0.05) is 12.1 Å². The fraction of sp³-hybridized carbons (Fsp3) is 0.500. The van der Waals surface area contributed by atoms with Crippen molar-refractivity contribution in [3.8, 4) is 0 Å². The van der Waals surface area contributed by atoms with E-state index < -0.39 is 0 Å². The van der Waals surface area contributed by atoms with Gasteiger partial charge in [-0.2, -0.15) is 0 Å². The van der Waals surface area contributed by atoms with Gasteiger partial charge in [0, 0.05) is 32.7 Å². The van der Waals surface area contributed by atoms with Crippen molar-refractivity contribution in [3.63, 3.8) is 0 Å². The second-order valence-corrected chi connectivity index (χ2v) is 4.53. The quantitative estimate of drug-likeness (QED) is 0.858. The fourth-order valence-electron chi connectivity index (χ4n) is 2.15. The van der Waals surface area contributed by atoms with E-state index in [9.17, 15) is 4.79 Å². The molecule has 0 unspecified atom stereocenters. The molecule has 2 rings (SSSR count). The molecule has 1 aromatic carbocycles. The van der Waals surface area contributed by atoms with Gasteiger partial charge in [0.15, 0.2) is 0 Å². The number of carbonyl (C=O) groups is 1. The minimum absolute atomic E-state index is 0. The highest BCUT2D eigenvalue weighted by Crippen LogP contribution is 2.07. The number of rotatable bonds is 4. The number of benzene rings is 1. The number of hydrogen-bond donors (Lipinski definition) is 1. The van der Waals surface area contributed by atoms with Crippen molar-refractivity contribution in [2.75, 3.05) is 39.8 Å². The van der Waals surface area contributed by atoms with Gasteiger partial charge in [0.1, 0.15) is 0 Å². The Kier molecular flexibility index (Phi) is 9.59. The zero-order valence-electron chi connectivity index (χ0n) is 11.6. The van der Waals surface area contributed by atoms with Crippen LogP contribution in [0.15, 0.2) is 24.3 Å². The van der Waals surface area contributed by atoms with Crippen molar-refractivity contribution in [1.82, 2.24) is 10.2 Å². The molecule has 1 N–H and O–H groups in total. The van der Waals surface area contributed by atoms with Crippen molar-refractivity contribution in [2.45, 2.75) is 6.42 Å². The number of nitrogens with one attached hydrogen (secondary N) is 1. The zero-order valence-corrected chi connectivity index (χ0v) is 13.3. The van der Waals surface area contributed by atoms with E-state index in [4.69, 9.17) is 0 Å². The van der Waals surface area contributed by atoms with Crippen LogP contribution in [0.4, 0.5) is 0 Å². The van der Waals surface area contributed by atoms with Crippen LogP contribution < -0.4 is 5.32 Å². The number of nitrogens with zero attached hydrogens (tertiary/aromatic N) is 1. The maximum Gasteiger partial charge on any atom is 0.337 e. The highest BCUT2D eigenvalue weighted by molar-refractivity contribution is 5.89. The van der Waals surface area contributed by atoms with Crippen molar-refractivity contribution < 1.29 is 9.53 Å². The maximum absolute atomic E-state index is 11.3. The van der Waals surface area contributed by atoms with Crippen LogP contribution in [-0.4, -0.2) is 50.7 Å².